The SMILES string of the molecule is C[C@@H]1CN(c2nccnc2Cl)CCN1c1nc(Cl)cc(-c2ccc(F)c(Cl)c2)n1. The number of nitrogens with zero attached hydrogens (tertiary/aromatic N) is 6. The zero-order valence-electron chi connectivity index (χ0n) is 15.4. The molecule has 0 amide bonds. The first kappa shape index (κ1) is 20.1. The van der Waals surface area contributed by atoms with Crippen LogP contribution in [0.25, 0.3) is 11.3 Å². The first-order chi connectivity index (χ1) is 13.9. The number of piperazine rings is 1. The maximum atomic E-state index is 13.5. The smallest absolute Gasteiger partial charge is 0.227 e. The van der Waals surface area contributed by atoms with Gasteiger partial charge in [0.2, 0.25) is 5.95 Å². The van der Waals surface area contributed by atoms with E-state index in [2.05, 4.69) is 36.7 Å². The highest BCUT2D eigenvalue weighted by atomic mass is 35.5. The van der Waals surface area contributed by atoms with Crippen molar-refractivity contribution in [3.05, 3.63) is 57.8 Å². The predicted octanol–water partition coefficient (Wildman–Crippen LogP) is 4.75. The average molecular weight is 454 g/mol. The Balaban J connectivity index is 1.60. The number of hydrogen-bond donors (Lipinski definition) is 0. The van der Waals surface area contributed by atoms with Gasteiger partial charge in [0.25, 0.3) is 0 Å². The fraction of sp³-hybridized carbons (Fsp3) is 0.263. The average Bonchev–Trinajstić information content (AvgIpc) is 2.70. The quantitative estimate of drug-likeness (QED) is 0.534. The standard InChI is InChI=1S/C19H16Cl3FN6/c1-11-10-28(18-17(22)24-4-5-25-18)6-7-29(11)19-26-15(9-16(21)27-19)12-2-3-14(23)13(20)8-12/h2-5,8-9,11H,6-7,10H2,1H3/t11-/m1/s1. The fourth-order valence-corrected chi connectivity index (χ4v) is 3.89. The summed E-state index contributed by atoms with van der Waals surface area (Å²) in [4.78, 5) is 21.6. The first-order valence-electron chi connectivity index (χ1n) is 8.90. The molecule has 0 saturated carbocycles. The molecule has 1 aromatic carbocycles. The lowest BCUT2D eigenvalue weighted by atomic mass is 10.1. The Bertz CT molecular complexity index is 1050. The highest BCUT2D eigenvalue weighted by molar-refractivity contribution is 6.31. The minimum Gasteiger partial charge on any atom is -0.350 e. The maximum Gasteiger partial charge on any atom is 0.227 e. The molecule has 3 heterocycles. The Morgan fingerprint density at radius 3 is 2.55 bits per heavy atom. The molecule has 0 unspecified atom stereocenters. The van der Waals surface area contributed by atoms with Crippen LogP contribution in [0.2, 0.25) is 15.3 Å². The third kappa shape index (κ3) is 4.22. The van der Waals surface area contributed by atoms with Crippen LogP contribution in [0, 0.1) is 5.82 Å². The Morgan fingerprint density at radius 1 is 1.03 bits per heavy atom. The number of hydrogen-bond acceptors (Lipinski definition) is 6. The van der Waals surface area contributed by atoms with Gasteiger partial charge >= 0.3 is 0 Å². The molecule has 0 N–H and O–H groups in total. The molecule has 1 fully saturated rings. The van der Waals surface area contributed by atoms with Crippen molar-refractivity contribution < 1.29 is 4.39 Å². The van der Waals surface area contributed by atoms with Gasteiger partial charge in [-0.15, -0.1) is 0 Å². The topological polar surface area (TPSA) is 58.0 Å². The minimum absolute atomic E-state index is 0.0293. The van der Waals surface area contributed by atoms with Crippen LogP contribution in [0.1, 0.15) is 6.92 Å². The van der Waals surface area contributed by atoms with E-state index in [9.17, 15) is 4.39 Å². The molecule has 1 aliphatic rings. The highest BCUT2D eigenvalue weighted by Gasteiger charge is 2.28. The van der Waals surface area contributed by atoms with Gasteiger partial charge in [0, 0.05) is 49.7 Å². The van der Waals surface area contributed by atoms with E-state index in [1.807, 2.05) is 0 Å². The molecule has 1 saturated heterocycles. The minimum atomic E-state index is -0.483. The summed E-state index contributed by atoms with van der Waals surface area (Å²) in [6.07, 6.45) is 3.19. The van der Waals surface area contributed by atoms with Crippen molar-refractivity contribution >= 4 is 46.6 Å². The van der Waals surface area contributed by atoms with E-state index in [1.165, 1.54) is 12.1 Å². The predicted molar refractivity (Wildman–Crippen MR) is 114 cm³/mol. The van der Waals surface area contributed by atoms with Gasteiger partial charge < -0.3 is 9.80 Å². The summed E-state index contributed by atoms with van der Waals surface area (Å²) in [6.45, 7) is 4.06. The van der Waals surface area contributed by atoms with Gasteiger partial charge in [0.1, 0.15) is 11.0 Å². The summed E-state index contributed by atoms with van der Waals surface area (Å²) in [6, 6.07) is 6.15. The normalized spacial score (nSPS) is 16.9. The number of anilines is 2. The van der Waals surface area contributed by atoms with E-state index >= 15 is 0 Å². The maximum absolute atomic E-state index is 13.5. The van der Waals surface area contributed by atoms with Gasteiger partial charge in [0.15, 0.2) is 11.0 Å². The summed E-state index contributed by atoms with van der Waals surface area (Å²) in [7, 11) is 0. The van der Waals surface area contributed by atoms with E-state index in [0.29, 0.717) is 53.0 Å². The lowest BCUT2D eigenvalue weighted by molar-refractivity contribution is 0.537. The second-order valence-electron chi connectivity index (χ2n) is 6.66. The molecule has 6 nitrogen and oxygen atoms in total. The zero-order chi connectivity index (χ0) is 20.5. The third-order valence-corrected chi connectivity index (χ3v) is 5.47. The van der Waals surface area contributed by atoms with E-state index in [4.69, 9.17) is 34.8 Å². The van der Waals surface area contributed by atoms with E-state index in [0.717, 1.165) is 0 Å². The Morgan fingerprint density at radius 2 is 1.83 bits per heavy atom. The Labute approximate surface area is 182 Å². The monoisotopic (exact) mass is 452 g/mol. The second kappa shape index (κ2) is 8.26. The van der Waals surface area contributed by atoms with Crippen LogP contribution in [-0.2, 0) is 0 Å². The third-order valence-electron chi connectivity index (χ3n) is 4.72. The molecule has 1 aliphatic heterocycles. The molecule has 10 heteroatoms. The Hall–Kier alpha value is -2.22. The molecule has 4 rings (SSSR count). The summed E-state index contributed by atoms with van der Waals surface area (Å²) < 4.78 is 13.5. The van der Waals surface area contributed by atoms with Crippen molar-refractivity contribution in [3.8, 4) is 11.3 Å². The molecular weight excluding hydrogens is 438 g/mol. The molecule has 0 aliphatic carbocycles. The highest BCUT2D eigenvalue weighted by Crippen LogP contribution is 2.29. The van der Waals surface area contributed by atoms with Gasteiger partial charge in [0.05, 0.1) is 10.7 Å². The van der Waals surface area contributed by atoms with Crippen molar-refractivity contribution in [2.75, 3.05) is 29.4 Å². The van der Waals surface area contributed by atoms with Crippen molar-refractivity contribution in [2.24, 2.45) is 0 Å². The Kier molecular flexibility index (Phi) is 5.72. The number of aromatic nitrogens is 4. The van der Waals surface area contributed by atoms with Gasteiger partial charge in [-0.25, -0.2) is 24.3 Å². The molecular formula is C19H16Cl3FN6. The summed E-state index contributed by atoms with van der Waals surface area (Å²) >= 11 is 18.3. The van der Waals surface area contributed by atoms with Gasteiger partial charge in [-0.3, -0.25) is 0 Å². The molecule has 0 spiro atoms. The van der Waals surface area contributed by atoms with E-state index in [1.54, 1.807) is 24.5 Å². The molecule has 1 atom stereocenters. The van der Waals surface area contributed by atoms with Crippen molar-refractivity contribution in [3.63, 3.8) is 0 Å². The van der Waals surface area contributed by atoms with Crippen molar-refractivity contribution in [2.45, 2.75) is 13.0 Å². The van der Waals surface area contributed by atoms with Crippen LogP contribution in [0.4, 0.5) is 16.2 Å². The second-order valence-corrected chi connectivity index (χ2v) is 7.82. The van der Waals surface area contributed by atoms with Crippen LogP contribution in [0.3, 0.4) is 0 Å². The molecule has 2 aromatic heterocycles. The van der Waals surface area contributed by atoms with Crippen LogP contribution in [0.15, 0.2) is 36.7 Å². The van der Waals surface area contributed by atoms with E-state index in [-0.39, 0.29) is 11.1 Å². The van der Waals surface area contributed by atoms with Gasteiger partial charge in [-0.1, -0.05) is 34.8 Å². The largest absolute Gasteiger partial charge is 0.350 e. The van der Waals surface area contributed by atoms with Gasteiger partial charge in [-0.05, 0) is 25.1 Å². The van der Waals surface area contributed by atoms with E-state index < -0.39 is 5.82 Å². The van der Waals surface area contributed by atoms with Crippen LogP contribution in [0.5, 0.6) is 0 Å². The lowest BCUT2D eigenvalue weighted by Gasteiger charge is -2.40. The molecule has 3 aromatic rings. The molecule has 150 valence electrons. The summed E-state index contributed by atoms with van der Waals surface area (Å²) in [5, 5.41) is 0.710. The van der Waals surface area contributed by atoms with Crippen LogP contribution in [-0.4, -0.2) is 45.6 Å². The lowest BCUT2D eigenvalue weighted by Crippen LogP contribution is -2.53. The number of benzene rings is 1. The summed E-state index contributed by atoms with van der Waals surface area (Å²) in [5.74, 6) is 0.683. The van der Waals surface area contributed by atoms with Crippen LogP contribution < -0.4 is 9.80 Å². The molecule has 0 radical (unpaired) electrons. The van der Waals surface area contributed by atoms with Crippen molar-refractivity contribution in [1.29, 1.82) is 0 Å². The summed E-state index contributed by atoms with van der Waals surface area (Å²) in [5.41, 5.74) is 1.24. The van der Waals surface area contributed by atoms with Crippen LogP contribution >= 0.6 is 34.8 Å². The fourth-order valence-electron chi connectivity index (χ4n) is 3.31. The van der Waals surface area contributed by atoms with Gasteiger partial charge in [-0.2, -0.15) is 0 Å². The number of halogens is 4. The zero-order valence-corrected chi connectivity index (χ0v) is 17.6. The molecule has 0 bridgehead atoms. The van der Waals surface area contributed by atoms with Crippen molar-refractivity contribution in [1.82, 2.24) is 19.9 Å². The molecule has 29 heavy (non-hydrogen) atoms. The number of rotatable bonds is 3. The first-order valence-corrected chi connectivity index (χ1v) is 10.0.